The van der Waals surface area contributed by atoms with Gasteiger partial charge in [-0.05, 0) is 61.7 Å². The third-order valence-corrected chi connectivity index (χ3v) is 6.72. The number of nitrogens with one attached hydrogen (secondary N) is 1. The molecule has 3 aromatic rings. The second kappa shape index (κ2) is 7.95. The minimum absolute atomic E-state index is 0.0541. The summed E-state index contributed by atoms with van der Waals surface area (Å²) in [6.07, 6.45) is 6.80. The highest BCUT2D eigenvalue weighted by Gasteiger charge is 2.44. The summed E-state index contributed by atoms with van der Waals surface area (Å²) in [5, 5.41) is 10.1. The summed E-state index contributed by atoms with van der Waals surface area (Å²) in [4.78, 5) is 29.7. The molecule has 164 valence electrons. The molecule has 5 rings (SSSR count). The summed E-state index contributed by atoms with van der Waals surface area (Å²) in [5.74, 6) is -0.371. The number of aromatic amines is 1. The molecule has 0 radical (unpaired) electrons. The van der Waals surface area contributed by atoms with E-state index in [1.165, 1.54) is 17.0 Å². The molecule has 0 saturated carbocycles. The maximum Gasteiger partial charge on any atom is 0.328 e. The molecule has 2 N–H and O–H groups in total. The number of hydrogen-bond acceptors (Lipinski definition) is 4. The van der Waals surface area contributed by atoms with E-state index in [1.807, 2.05) is 6.07 Å². The zero-order valence-corrected chi connectivity index (χ0v) is 18.0. The van der Waals surface area contributed by atoms with Crippen LogP contribution in [-0.4, -0.2) is 45.4 Å². The molecule has 2 aliphatic heterocycles. The lowest BCUT2D eigenvalue weighted by Gasteiger charge is -2.46. The molecule has 6 nitrogen and oxygen atoms in total. The van der Waals surface area contributed by atoms with E-state index in [-0.39, 0.29) is 11.8 Å². The van der Waals surface area contributed by atoms with Gasteiger partial charge in [-0.2, -0.15) is 0 Å². The van der Waals surface area contributed by atoms with Crippen molar-refractivity contribution in [3.05, 3.63) is 71.4 Å². The van der Waals surface area contributed by atoms with Crippen LogP contribution in [0.5, 0.6) is 5.75 Å². The van der Waals surface area contributed by atoms with Gasteiger partial charge in [0.2, 0.25) is 0 Å². The molecular weight excluding hydrogens is 404 g/mol. The summed E-state index contributed by atoms with van der Waals surface area (Å²) >= 11 is 0. The number of hydrogen-bond donors (Lipinski definition) is 2. The number of ketones is 1. The zero-order chi connectivity index (χ0) is 22.3. The fourth-order valence-corrected chi connectivity index (χ4v) is 5.11. The van der Waals surface area contributed by atoms with E-state index in [1.54, 1.807) is 18.2 Å². The molecule has 2 aliphatic rings. The molecule has 32 heavy (non-hydrogen) atoms. The Labute approximate surface area is 186 Å². The van der Waals surface area contributed by atoms with E-state index in [9.17, 15) is 9.59 Å². The quantitative estimate of drug-likeness (QED) is 0.580. The molecular formula is C26H26N2O4. The third kappa shape index (κ3) is 3.71. The second-order valence-electron chi connectivity index (χ2n) is 8.85. The molecule has 0 amide bonds. The number of carbonyl (C=O) groups excluding carboxylic acids is 1. The first kappa shape index (κ1) is 20.5. The average Bonchev–Trinajstić information content (AvgIpc) is 3.21. The van der Waals surface area contributed by atoms with Gasteiger partial charge in [-0.1, -0.05) is 24.3 Å². The van der Waals surface area contributed by atoms with Crippen LogP contribution in [-0.2, 0) is 4.79 Å². The van der Waals surface area contributed by atoms with Crippen molar-refractivity contribution in [2.24, 2.45) is 0 Å². The number of ether oxygens (including phenoxy) is 1. The molecule has 0 aliphatic carbocycles. The summed E-state index contributed by atoms with van der Waals surface area (Å²) in [5.41, 5.74) is 3.07. The minimum Gasteiger partial charge on any atom is -0.485 e. The zero-order valence-electron chi connectivity index (χ0n) is 18.0. The van der Waals surface area contributed by atoms with E-state index in [0.29, 0.717) is 29.8 Å². The first-order valence-corrected chi connectivity index (χ1v) is 11.0. The van der Waals surface area contributed by atoms with Crippen LogP contribution in [0.25, 0.3) is 17.0 Å². The lowest BCUT2D eigenvalue weighted by Crippen LogP contribution is -2.55. The van der Waals surface area contributed by atoms with Crippen LogP contribution < -0.4 is 4.74 Å². The normalized spacial score (nSPS) is 22.2. The van der Waals surface area contributed by atoms with Crippen LogP contribution >= 0.6 is 0 Å². The van der Waals surface area contributed by atoms with E-state index < -0.39 is 11.6 Å². The molecule has 1 aromatic heterocycles. The van der Waals surface area contributed by atoms with Crippen LogP contribution in [0.1, 0.15) is 53.7 Å². The number of aromatic nitrogens is 1. The SMILES string of the molecule is CC(c1c[nH]c2ccccc12)N1CCCC2(CC(=O)c3cc(C=CC(=O)O)ccc3O2)C1. The van der Waals surface area contributed by atoms with Crippen LogP contribution in [0.2, 0.25) is 0 Å². The van der Waals surface area contributed by atoms with Crippen LogP contribution in [0.3, 0.4) is 0 Å². The Morgan fingerprint density at radius 1 is 1.28 bits per heavy atom. The largest absolute Gasteiger partial charge is 0.485 e. The lowest BCUT2D eigenvalue weighted by molar-refractivity contribution is -0.131. The topological polar surface area (TPSA) is 82.6 Å². The highest BCUT2D eigenvalue weighted by molar-refractivity contribution is 6.01. The smallest absolute Gasteiger partial charge is 0.328 e. The van der Waals surface area contributed by atoms with E-state index in [4.69, 9.17) is 9.84 Å². The molecule has 0 bridgehead atoms. The Bertz CT molecular complexity index is 1230. The minimum atomic E-state index is -1.02. The van der Waals surface area contributed by atoms with Crippen molar-refractivity contribution in [1.82, 2.24) is 9.88 Å². The summed E-state index contributed by atoms with van der Waals surface area (Å²) in [6.45, 7) is 3.87. The number of Topliss-reactive ketones (excluding diaryl/α,β-unsaturated/α-hetero) is 1. The van der Waals surface area contributed by atoms with Crippen molar-refractivity contribution in [2.75, 3.05) is 13.1 Å². The maximum atomic E-state index is 13.1. The Balaban J connectivity index is 1.39. The number of piperidine rings is 1. The molecule has 1 saturated heterocycles. The highest BCUT2D eigenvalue weighted by Crippen LogP contribution is 2.41. The molecule has 2 aromatic carbocycles. The fourth-order valence-electron chi connectivity index (χ4n) is 5.11. The third-order valence-electron chi connectivity index (χ3n) is 6.72. The van der Waals surface area contributed by atoms with Crippen molar-refractivity contribution in [3.63, 3.8) is 0 Å². The Morgan fingerprint density at radius 2 is 2.12 bits per heavy atom. The number of rotatable bonds is 4. The fraction of sp³-hybridized carbons (Fsp3) is 0.308. The maximum absolute atomic E-state index is 13.1. The van der Waals surface area contributed by atoms with Gasteiger partial charge in [-0.3, -0.25) is 9.69 Å². The summed E-state index contributed by atoms with van der Waals surface area (Å²) in [7, 11) is 0. The van der Waals surface area contributed by atoms with E-state index in [2.05, 4.69) is 41.2 Å². The highest BCUT2D eigenvalue weighted by atomic mass is 16.5. The van der Waals surface area contributed by atoms with Gasteiger partial charge >= 0.3 is 5.97 Å². The van der Waals surface area contributed by atoms with Crippen molar-refractivity contribution in [3.8, 4) is 5.75 Å². The molecule has 3 heterocycles. The number of aliphatic carboxylic acids is 1. The predicted octanol–water partition coefficient (Wildman–Crippen LogP) is 4.83. The Kier molecular flexibility index (Phi) is 5.10. The summed E-state index contributed by atoms with van der Waals surface area (Å²) in [6, 6.07) is 13.8. The number of nitrogens with zero attached hydrogens (tertiary/aromatic N) is 1. The van der Waals surface area contributed by atoms with Crippen molar-refractivity contribution in [1.29, 1.82) is 0 Å². The molecule has 6 heteroatoms. The predicted molar refractivity (Wildman–Crippen MR) is 123 cm³/mol. The number of likely N-dealkylation sites (tertiary alicyclic amines) is 1. The van der Waals surface area contributed by atoms with Gasteiger partial charge < -0.3 is 14.8 Å². The van der Waals surface area contributed by atoms with Gasteiger partial charge in [0.15, 0.2) is 5.78 Å². The first-order chi connectivity index (χ1) is 15.4. The van der Waals surface area contributed by atoms with E-state index in [0.717, 1.165) is 31.0 Å². The van der Waals surface area contributed by atoms with Gasteiger partial charge in [0, 0.05) is 35.8 Å². The number of benzene rings is 2. The second-order valence-corrected chi connectivity index (χ2v) is 8.85. The van der Waals surface area contributed by atoms with Gasteiger partial charge in [-0.15, -0.1) is 0 Å². The van der Waals surface area contributed by atoms with Crippen LogP contribution in [0, 0.1) is 0 Å². The molecule has 1 spiro atoms. The van der Waals surface area contributed by atoms with Gasteiger partial charge in [0.25, 0.3) is 0 Å². The van der Waals surface area contributed by atoms with Gasteiger partial charge in [-0.25, -0.2) is 4.79 Å². The molecule has 2 atom stereocenters. The lowest BCUT2D eigenvalue weighted by atomic mass is 9.82. The number of H-pyrrole nitrogens is 1. The summed E-state index contributed by atoms with van der Waals surface area (Å²) < 4.78 is 6.49. The van der Waals surface area contributed by atoms with Crippen LogP contribution in [0.4, 0.5) is 0 Å². The molecule has 2 unspecified atom stereocenters. The first-order valence-electron chi connectivity index (χ1n) is 11.0. The van der Waals surface area contributed by atoms with Gasteiger partial charge in [0.05, 0.1) is 12.0 Å². The van der Waals surface area contributed by atoms with Crippen molar-refractivity contribution in [2.45, 2.75) is 37.8 Å². The Morgan fingerprint density at radius 3 is 2.97 bits per heavy atom. The van der Waals surface area contributed by atoms with Crippen molar-refractivity contribution >= 4 is 28.7 Å². The number of fused-ring (bicyclic) bond motifs is 2. The average molecular weight is 431 g/mol. The number of carboxylic acid groups (broad SMARTS) is 1. The number of carbonyl (C=O) groups is 2. The number of para-hydroxylation sites is 1. The van der Waals surface area contributed by atoms with Crippen molar-refractivity contribution < 1.29 is 19.4 Å². The number of carboxylic acids is 1. The molecule has 1 fully saturated rings. The monoisotopic (exact) mass is 430 g/mol. The Hall–Kier alpha value is -3.38. The van der Waals surface area contributed by atoms with Gasteiger partial charge in [0.1, 0.15) is 11.4 Å². The standard InChI is InChI=1S/C26H26N2O4/c1-17(21-15-27-22-6-3-2-5-19(21)22)28-12-4-11-26(16-28)14-23(29)20-13-18(8-10-25(30)31)7-9-24(20)32-26/h2-3,5-10,13,15,17,27H,4,11-12,14,16H2,1H3,(H,30,31). The van der Waals surface area contributed by atoms with Crippen LogP contribution in [0.15, 0.2) is 54.7 Å². The van der Waals surface area contributed by atoms with E-state index >= 15 is 0 Å².